The quantitative estimate of drug-likeness (QED) is 0.830. The highest BCUT2D eigenvalue weighted by Crippen LogP contribution is 2.32. The number of urea groups is 1. The summed E-state index contributed by atoms with van der Waals surface area (Å²) >= 11 is 0. The normalized spacial score (nSPS) is 20.6. The van der Waals surface area contributed by atoms with Gasteiger partial charge in [-0.05, 0) is 32.6 Å². The van der Waals surface area contributed by atoms with E-state index in [9.17, 15) is 9.59 Å². The van der Waals surface area contributed by atoms with Crippen molar-refractivity contribution in [1.29, 1.82) is 0 Å². The van der Waals surface area contributed by atoms with E-state index in [4.69, 9.17) is 0 Å². The third-order valence-electron chi connectivity index (χ3n) is 4.85. The van der Waals surface area contributed by atoms with Crippen LogP contribution in [0.3, 0.4) is 0 Å². The SMILES string of the molecule is CC(C)c1cc(NC(=O)NC[C@H]2CC(=O)N(C3CC3)C2)n(C(C)C)n1. The lowest BCUT2D eigenvalue weighted by Crippen LogP contribution is -2.35. The van der Waals surface area contributed by atoms with Gasteiger partial charge in [0, 0.05) is 43.6 Å². The Labute approximate surface area is 149 Å². The number of hydrogen-bond acceptors (Lipinski definition) is 3. The molecular formula is C18H29N5O2. The molecule has 0 spiro atoms. The van der Waals surface area contributed by atoms with Crippen LogP contribution in [-0.4, -0.2) is 45.8 Å². The van der Waals surface area contributed by atoms with Crippen LogP contribution in [0, 0.1) is 5.92 Å². The molecule has 7 nitrogen and oxygen atoms in total. The molecule has 1 saturated carbocycles. The number of carbonyl (C=O) groups excluding carboxylic acids is 2. The Hall–Kier alpha value is -2.05. The van der Waals surface area contributed by atoms with Gasteiger partial charge in [-0.25, -0.2) is 9.48 Å². The third-order valence-corrected chi connectivity index (χ3v) is 4.85. The van der Waals surface area contributed by atoms with Crippen LogP contribution < -0.4 is 10.6 Å². The molecule has 0 aromatic carbocycles. The van der Waals surface area contributed by atoms with E-state index < -0.39 is 0 Å². The molecule has 1 saturated heterocycles. The fourth-order valence-corrected chi connectivity index (χ4v) is 3.26. The lowest BCUT2D eigenvalue weighted by molar-refractivity contribution is -0.128. The van der Waals surface area contributed by atoms with E-state index in [1.165, 1.54) is 0 Å². The fourth-order valence-electron chi connectivity index (χ4n) is 3.26. The highest BCUT2D eigenvalue weighted by Gasteiger charge is 2.39. The molecule has 138 valence electrons. The molecule has 2 heterocycles. The number of nitrogens with zero attached hydrogens (tertiary/aromatic N) is 3. The molecule has 0 radical (unpaired) electrons. The average molecular weight is 347 g/mol. The van der Waals surface area contributed by atoms with E-state index in [1.807, 2.05) is 29.5 Å². The zero-order valence-corrected chi connectivity index (χ0v) is 15.6. The maximum absolute atomic E-state index is 12.3. The van der Waals surface area contributed by atoms with Crippen molar-refractivity contribution in [3.63, 3.8) is 0 Å². The first-order valence-electron chi connectivity index (χ1n) is 9.29. The number of aromatic nitrogens is 2. The second kappa shape index (κ2) is 7.06. The van der Waals surface area contributed by atoms with Gasteiger partial charge in [0.2, 0.25) is 5.91 Å². The molecule has 3 amide bonds. The third kappa shape index (κ3) is 4.14. The number of hydrogen-bond donors (Lipinski definition) is 2. The molecule has 25 heavy (non-hydrogen) atoms. The van der Waals surface area contributed by atoms with Gasteiger partial charge in [0.05, 0.1) is 5.69 Å². The van der Waals surface area contributed by atoms with Crippen molar-refractivity contribution in [2.75, 3.05) is 18.4 Å². The van der Waals surface area contributed by atoms with Gasteiger partial charge in [-0.1, -0.05) is 13.8 Å². The Morgan fingerprint density at radius 2 is 2.04 bits per heavy atom. The van der Waals surface area contributed by atoms with Gasteiger partial charge in [0.1, 0.15) is 5.82 Å². The Morgan fingerprint density at radius 3 is 2.64 bits per heavy atom. The molecule has 2 aliphatic rings. The van der Waals surface area contributed by atoms with Crippen LogP contribution in [0.15, 0.2) is 6.07 Å². The predicted molar refractivity (Wildman–Crippen MR) is 96.6 cm³/mol. The van der Waals surface area contributed by atoms with Crippen LogP contribution in [0.4, 0.5) is 10.6 Å². The highest BCUT2D eigenvalue weighted by molar-refractivity contribution is 5.88. The largest absolute Gasteiger partial charge is 0.339 e. The minimum atomic E-state index is -0.241. The lowest BCUT2D eigenvalue weighted by atomic mass is 10.1. The van der Waals surface area contributed by atoms with Crippen molar-refractivity contribution in [2.24, 2.45) is 5.92 Å². The molecule has 2 fully saturated rings. The topological polar surface area (TPSA) is 79.3 Å². The minimum Gasteiger partial charge on any atom is -0.339 e. The van der Waals surface area contributed by atoms with Crippen molar-refractivity contribution < 1.29 is 9.59 Å². The standard InChI is InChI=1S/C18H29N5O2/c1-11(2)15-8-16(23(21-15)12(3)4)20-18(25)19-9-13-7-17(24)22(10-13)14-5-6-14/h8,11-14H,5-7,9-10H2,1-4H3,(H2,19,20,25)/t13-/m1/s1. The Balaban J connectivity index is 1.53. The summed E-state index contributed by atoms with van der Waals surface area (Å²) in [5.74, 6) is 1.45. The van der Waals surface area contributed by atoms with Gasteiger partial charge >= 0.3 is 6.03 Å². The summed E-state index contributed by atoms with van der Waals surface area (Å²) in [5, 5.41) is 10.4. The molecule has 1 aromatic rings. The van der Waals surface area contributed by atoms with Crippen LogP contribution >= 0.6 is 0 Å². The molecule has 0 bridgehead atoms. The first-order valence-corrected chi connectivity index (χ1v) is 9.29. The summed E-state index contributed by atoms with van der Waals surface area (Å²) in [6.45, 7) is 9.53. The summed E-state index contributed by atoms with van der Waals surface area (Å²) in [4.78, 5) is 26.2. The molecule has 0 unspecified atom stereocenters. The number of likely N-dealkylation sites (tertiary alicyclic amines) is 1. The summed E-state index contributed by atoms with van der Waals surface area (Å²) in [6, 6.07) is 2.32. The predicted octanol–water partition coefficient (Wildman–Crippen LogP) is 2.72. The van der Waals surface area contributed by atoms with Crippen molar-refractivity contribution >= 4 is 17.8 Å². The number of carbonyl (C=O) groups is 2. The van der Waals surface area contributed by atoms with E-state index in [0.717, 1.165) is 25.1 Å². The molecule has 1 atom stereocenters. The summed E-state index contributed by atoms with van der Waals surface area (Å²) in [5.41, 5.74) is 0.963. The fraction of sp³-hybridized carbons (Fsp3) is 0.722. The van der Waals surface area contributed by atoms with Crippen molar-refractivity contribution in [1.82, 2.24) is 20.0 Å². The molecule has 7 heteroatoms. The monoisotopic (exact) mass is 347 g/mol. The number of amides is 3. The zero-order chi connectivity index (χ0) is 18.1. The van der Waals surface area contributed by atoms with Gasteiger partial charge in [-0.3, -0.25) is 10.1 Å². The second-order valence-electron chi connectivity index (χ2n) is 7.83. The van der Waals surface area contributed by atoms with Gasteiger partial charge < -0.3 is 10.2 Å². The van der Waals surface area contributed by atoms with E-state index in [0.29, 0.717) is 30.7 Å². The molecule has 1 aliphatic heterocycles. The molecule has 1 aromatic heterocycles. The first kappa shape index (κ1) is 17.8. The average Bonchev–Trinajstić information content (AvgIpc) is 3.18. The Kier molecular flexibility index (Phi) is 5.01. The van der Waals surface area contributed by atoms with Crippen LogP contribution in [0.2, 0.25) is 0 Å². The van der Waals surface area contributed by atoms with Gasteiger partial charge in [-0.2, -0.15) is 5.10 Å². The minimum absolute atomic E-state index is 0.169. The van der Waals surface area contributed by atoms with E-state index in [-0.39, 0.29) is 23.9 Å². The Bertz CT molecular complexity index is 648. The van der Waals surface area contributed by atoms with Gasteiger partial charge in [0.25, 0.3) is 0 Å². The smallest absolute Gasteiger partial charge is 0.320 e. The maximum Gasteiger partial charge on any atom is 0.320 e. The number of rotatable bonds is 6. The Morgan fingerprint density at radius 1 is 1.32 bits per heavy atom. The second-order valence-corrected chi connectivity index (χ2v) is 7.83. The number of nitrogens with one attached hydrogen (secondary N) is 2. The molecular weight excluding hydrogens is 318 g/mol. The maximum atomic E-state index is 12.3. The molecule has 2 N–H and O–H groups in total. The number of anilines is 1. The summed E-state index contributed by atoms with van der Waals surface area (Å²) in [7, 11) is 0. The van der Waals surface area contributed by atoms with Crippen molar-refractivity contribution in [3.05, 3.63) is 11.8 Å². The lowest BCUT2D eigenvalue weighted by Gasteiger charge is -2.16. The summed E-state index contributed by atoms with van der Waals surface area (Å²) in [6.07, 6.45) is 2.80. The van der Waals surface area contributed by atoms with Crippen LogP contribution in [0.5, 0.6) is 0 Å². The van der Waals surface area contributed by atoms with Crippen LogP contribution in [0.25, 0.3) is 0 Å². The van der Waals surface area contributed by atoms with Gasteiger partial charge in [-0.15, -0.1) is 0 Å². The van der Waals surface area contributed by atoms with Crippen LogP contribution in [0.1, 0.15) is 64.6 Å². The van der Waals surface area contributed by atoms with E-state index >= 15 is 0 Å². The molecule has 3 rings (SSSR count). The van der Waals surface area contributed by atoms with E-state index in [1.54, 1.807) is 0 Å². The van der Waals surface area contributed by atoms with Crippen molar-refractivity contribution in [3.8, 4) is 0 Å². The molecule has 1 aliphatic carbocycles. The first-order chi connectivity index (χ1) is 11.8. The highest BCUT2D eigenvalue weighted by atomic mass is 16.2. The van der Waals surface area contributed by atoms with Crippen LogP contribution in [-0.2, 0) is 4.79 Å². The van der Waals surface area contributed by atoms with Crippen molar-refractivity contribution in [2.45, 2.75) is 65.0 Å². The zero-order valence-electron chi connectivity index (χ0n) is 15.6. The van der Waals surface area contributed by atoms with E-state index in [2.05, 4.69) is 29.6 Å². The summed E-state index contributed by atoms with van der Waals surface area (Å²) < 4.78 is 1.84. The van der Waals surface area contributed by atoms with Gasteiger partial charge in [0.15, 0.2) is 0 Å².